The van der Waals surface area contributed by atoms with Crippen molar-refractivity contribution in [1.29, 1.82) is 0 Å². The summed E-state index contributed by atoms with van der Waals surface area (Å²) in [5, 5.41) is 3.85. The number of rotatable bonds is 9. The molecule has 1 amide bonds. The van der Waals surface area contributed by atoms with Gasteiger partial charge in [-0.3, -0.25) is 9.10 Å². The molecule has 160 valence electrons. The number of methoxy groups -OCH3 is 1. The van der Waals surface area contributed by atoms with Crippen LogP contribution in [0.15, 0.2) is 53.6 Å². The Kier molecular flexibility index (Phi) is 7.93. The number of sulfonamides is 1. The summed E-state index contributed by atoms with van der Waals surface area (Å²) in [4.78, 5) is 23.3. The number of nitrogens with zero attached hydrogens (tertiary/aromatic N) is 2. The first kappa shape index (κ1) is 22.9. The summed E-state index contributed by atoms with van der Waals surface area (Å²) in [7, 11) is -2.40. The van der Waals surface area contributed by atoms with Crippen LogP contribution < -0.4 is 14.5 Å². The van der Waals surface area contributed by atoms with Gasteiger partial charge in [-0.15, -0.1) is 0 Å². The number of benzene rings is 2. The molecule has 0 spiro atoms. The lowest BCUT2D eigenvalue weighted by Gasteiger charge is -2.21. The van der Waals surface area contributed by atoms with E-state index in [1.54, 1.807) is 42.5 Å². The summed E-state index contributed by atoms with van der Waals surface area (Å²) in [5.74, 6) is -0.681. The Morgan fingerprint density at radius 2 is 1.90 bits per heavy atom. The lowest BCUT2D eigenvalue weighted by Crippen LogP contribution is -2.39. The molecule has 0 unspecified atom stereocenters. The van der Waals surface area contributed by atoms with Crippen LogP contribution in [0, 0.1) is 6.92 Å². The van der Waals surface area contributed by atoms with E-state index in [0.29, 0.717) is 17.0 Å². The van der Waals surface area contributed by atoms with Crippen molar-refractivity contribution in [2.24, 2.45) is 5.10 Å². The molecule has 0 atom stereocenters. The van der Waals surface area contributed by atoms with Crippen molar-refractivity contribution >= 4 is 33.8 Å². The zero-order valence-corrected chi connectivity index (χ0v) is 17.7. The average Bonchev–Trinajstić information content (AvgIpc) is 2.69. The van der Waals surface area contributed by atoms with E-state index >= 15 is 0 Å². The molecular formula is C20H23N3O6S. The molecule has 0 saturated heterocycles. The fourth-order valence-electron chi connectivity index (χ4n) is 2.41. The number of hydrazone groups is 1. The fraction of sp³-hybridized carbons (Fsp3) is 0.250. The molecular weight excluding hydrogens is 410 g/mol. The highest BCUT2D eigenvalue weighted by Crippen LogP contribution is 2.18. The van der Waals surface area contributed by atoms with Crippen molar-refractivity contribution in [3.05, 3.63) is 59.7 Å². The second-order valence-electron chi connectivity index (χ2n) is 6.34. The predicted molar refractivity (Wildman–Crippen MR) is 113 cm³/mol. The number of carbonyl (C=O) groups excluding carboxylic acids is 2. The highest BCUT2D eigenvalue weighted by atomic mass is 32.2. The predicted octanol–water partition coefficient (Wildman–Crippen LogP) is 1.46. The molecule has 2 rings (SSSR count). The highest BCUT2D eigenvalue weighted by molar-refractivity contribution is 7.92. The maximum absolute atomic E-state index is 12.2. The van der Waals surface area contributed by atoms with Gasteiger partial charge < -0.3 is 9.47 Å². The first-order chi connectivity index (χ1) is 14.2. The standard InChI is InChI=1S/C20H23N3O6S/c1-15-6-4-8-17(10-15)23(30(3,26)27)13-19(24)22-21-12-16-7-5-9-18(11-16)29-14-20(25)28-2/h4-12H,13-14H2,1-3H3,(H,22,24)/b21-12-. The van der Waals surface area contributed by atoms with Gasteiger partial charge in [0.1, 0.15) is 12.3 Å². The monoisotopic (exact) mass is 433 g/mol. The number of hydrogen-bond donors (Lipinski definition) is 1. The smallest absolute Gasteiger partial charge is 0.343 e. The number of anilines is 1. The Labute approximate surface area is 175 Å². The van der Waals surface area contributed by atoms with Crippen molar-refractivity contribution < 1.29 is 27.5 Å². The Hall–Kier alpha value is -3.40. The molecule has 0 radical (unpaired) electrons. The molecule has 2 aromatic carbocycles. The van der Waals surface area contributed by atoms with E-state index in [9.17, 15) is 18.0 Å². The molecule has 10 heteroatoms. The number of amides is 1. The molecule has 0 fully saturated rings. The van der Waals surface area contributed by atoms with Crippen LogP contribution in [0.3, 0.4) is 0 Å². The van der Waals surface area contributed by atoms with E-state index in [0.717, 1.165) is 16.1 Å². The second-order valence-corrected chi connectivity index (χ2v) is 8.25. The fourth-order valence-corrected chi connectivity index (χ4v) is 3.26. The third-order valence-corrected chi connectivity index (χ3v) is 4.96. The summed E-state index contributed by atoms with van der Waals surface area (Å²) in [5.41, 5.74) is 4.18. The van der Waals surface area contributed by atoms with Crippen molar-refractivity contribution in [2.45, 2.75) is 6.92 Å². The number of carbonyl (C=O) groups is 2. The zero-order chi connectivity index (χ0) is 22.1. The maximum atomic E-state index is 12.2. The SMILES string of the molecule is COC(=O)COc1cccc(/C=N\NC(=O)CN(c2cccc(C)c2)S(C)(=O)=O)c1. The molecule has 0 bridgehead atoms. The Morgan fingerprint density at radius 1 is 1.17 bits per heavy atom. The number of hydrogen-bond acceptors (Lipinski definition) is 7. The van der Waals surface area contributed by atoms with E-state index in [4.69, 9.17) is 4.74 Å². The normalized spacial score (nSPS) is 11.2. The van der Waals surface area contributed by atoms with Crippen molar-refractivity contribution in [2.75, 3.05) is 30.8 Å². The van der Waals surface area contributed by atoms with Gasteiger partial charge in [-0.05, 0) is 42.3 Å². The van der Waals surface area contributed by atoms with Crippen molar-refractivity contribution in [3.63, 3.8) is 0 Å². The summed E-state index contributed by atoms with van der Waals surface area (Å²) < 4.78 is 35.0. The molecule has 0 heterocycles. The van der Waals surface area contributed by atoms with Crippen LogP contribution in [0.4, 0.5) is 5.69 Å². The van der Waals surface area contributed by atoms with E-state index in [-0.39, 0.29) is 6.61 Å². The maximum Gasteiger partial charge on any atom is 0.343 e. The molecule has 0 saturated carbocycles. The highest BCUT2D eigenvalue weighted by Gasteiger charge is 2.20. The van der Waals surface area contributed by atoms with Gasteiger partial charge in [0.05, 0.1) is 25.3 Å². The third kappa shape index (κ3) is 7.21. The molecule has 2 aromatic rings. The number of aryl methyl sites for hydroxylation is 1. The van der Waals surface area contributed by atoms with Crippen LogP contribution in [-0.4, -0.2) is 53.0 Å². The molecule has 30 heavy (non-hydrogen) atoms. The van der Waals surface area contributed by atoms with Gasteiger partial charge in [-0.1, -0.05) is 24.3 Å². The number of nitrogens with one attached hydrogen (secondary N) is 1. The summed E-state index contributed by atoms with van der Waals surface area (Å²) in [6, 6.07) is 13.5. The van der Waals surface area contributed by atoms with Crippen LogP contribution in [0.1, 0.15) is 11.1 Å². The summed E-state index contributed by atoms with van der Waals surface area (Å²) in [6.45, 7) is 1.19. The van der Waals surface area contributed by atoms with Gasteiger partial charge in [0.15, 0.2) is 6.61 Å². The van der Waals surface area contributed by atoms with Gasteiger partial charge in [-0.25, -0.2) is 18.6 Å². The van der Waals surface area contributed by atoms with Crippen molar-refractivity contribution in [1.82, 2.24) is 5.43 Å². The van der Waals surface area contributed by atoms with Gasteiger partial charge in [0.2, 0.25) is 10.0 Å². The molecule has 0 aliphatic carbocycles. The Balaban J connectivity index is 2.00. The van der Waals surface area contributed by atoms with Crippen LogP contribution >= 0.6 is 0 Å². The summed E-state index contributed by atoms with van der Waals surface area (Å²) >= 11 is 0. The minimum Gasteiger partial charge on any atom is -0.482 e. The second kappa shape index (κ2) is 10.4. The first-order valence-electron chi connectivity index (χ1n) is 8.85. The largest absolute Gasteiger partial charge is 0.482 e. The Bertz CT molecular complexity index is 1040. The van der Waals surface area contributed by atoms with E-state index in [2.05, 4.69) is 15.3 Å². The Morgan fingerprint density at radius 3 is 2.57 bits per heavy atom. The van der Waals surface area contributed by atoms with Crippen LogP contribution in [0.2, 0.25) is 0 Å². The lowest BCUT2D eigenvalue weighted by molar-refractivity contribution is -0.142. The molecule has 0 aliphatic heterocycles. The third-order valence-electron chi connectivity index (χ3n) is 3.82. The van der Waals surface area contributed by atoms with Gasteiger partial charge in [0.25, 0.3) is 5.91 Å². The molecule has 1 N–H and O–H groups in total. The lowest BCUT2D eigenvalue weighted by atomic mass is 10.2. The molecule has 9 nitrogen and oxygen atoms in total. The minimum absolute atomic E-state index is 0.228. The topological polar surface area (TPSA) is 114 Å². The molecule has 0 aromatic heterocycles. The van der Waals surface area contributed by atoms with Crippen LogP contribution in [-0.2, 0) is 24.3 Å². The van der Waals surface area contributed by atoms with Gasteiger partial charge >= 0.3 is 5.97 Å². The van der Waals surface area contributed by atoms with Gasteiger partial charge in [0, 0.05) is 0 Å². The zero-order valence-electron chi connectivity index (χ0n) is 16.9. The first-order valence-corrected chi connectivity index (χ1v) is 10.7. The number of esters is 1. The average molecular weight is 433 g/mol. The van der Waals surface area contributed by atoms with Gasteiger partial charge in [-0.2, -0.15) is 5.10 Å². The number of ether oxygens (including phenoxy) is 2. The van der Waals surface area contributed by atoms with E-state index < -0.39 is 28.4 Å². The summed E-state index contributed by atoms with van der Waals surface area (Å²) in [6.07, 6.45) is 2.41. The van der Waals surface area contributed by atoms with Crippen LogP contribution in [0.5, 0.6) is 5.75 Å². The molecule has 0 aliphatic rings. The quantitative estimate of drug-likeness (QED) is 0.364. The minimum atomic E-state index is -3.66. The van der Waals surface area contributed by atoms with Crippen molar-refractivity contribution in [3.8, 4) is 5.75 Å². The van der Waals surface area contributed by atoms with E-state index in [1.165, 1.54) is 13.3 Å². The van der Waals surface area contributed by atoms with Crippen LogP contribution in [0.25, 0.3) is 0 Å². The van der Waals surface area contributed by atoms with E-state index in [1.807, 2.05) is 13.0 Å².